The molecule has 0 amide bonds. The van der Waals surface area contributed by atoms with Gasteiger partial charge in [0.05, 0.1) is 0 Å². The molecular formula is C14H19ClFN. The Morgan fingerprint density at radius 2 is 2.24 bits per heavy atom. The fourth-order valence-corrected chi connectivity index (χ4v) is 2.94. The van der Waals surface area contributed by atoms with Crippen LogP contribution in [0.5, 0.6) is 0 Å². The maximum absolute atomic E-state index is 13.7. The zero-order valence-corrected chi connectivity index (χ0v) is 10.9. The Labute approximate surface area is 107 Å². The molecule has 0 aromatic heterocycles. The van der Waals surface area contributed by atoms with Crippen molar-refractivity contribution in [3.8, 4) is 0 Å². The Morgan fingerprint density at radius 3 is 2.94 bits per heavy atom. The molecule has 1 aromatic carbocycles. The zero-order chi connectivity index (χ0) is 12.3. The summed E-state index contributed by atoms with van der Waals surface area (Å²) < 4.78 is 13.7. The standard InChI is InChI=1S/C14H19ClFN/c1-2-17-14-5-3-4-11(14)8-10-6-7-12(15)9-13(10)16/h6-7,9,11,14,17H,2-5,8H2,1H3. The lowest BCUT2D eigenvalue weighted by Crippen LogP contribution is -2.33. The monoisotopic (exact) mass is 255 g/mol. The van der Waals surface area contributed by atoms with E-state index in [0.717, 1.165) is 18.5 Å². The van der Waals surface area contributed by atoms with E-state index in [4.69, 9.17) is 11.6 Å². The maximum atomic E-state index is 13.7. The lowest BCUT2D eigenvalue weighted by molar-refractivity contribution is 0.401. The van der Waals surface area contributed by atoms with E-state index in [1.165, 1.54) is 25.3 Å². The molecule has 1 fully saturated rings. The van der Waals surface area contributed by atoms with Crippen LogP contribution in [-0.4, -0.2) is 12.6 Å². The highest BCUT2D eigenvalue weighted by Crippen LogP contribution is 2.30. The Bertz CT molecular complexity index is 380. The van der Waals surface area contributed by atoms with Crippen molar-refractivity contribution in [1.29, 1.82) is 0 Å². The van der Waals surface area contributed by atoms with Crippen LogP contribution in [0.15, 0.2) is 18.2 Å². The summed E-state index contributed by atoms with van der Waals surface area (Å²) in [4.78, 5) is 0. The third-order valence-corrected chi connectivity index (χ3v) is 3.86. The zero-order valence-electron chi connectivity index (χ0n) is 10.2. The van der Waals surface area contributed by atoms with Crippen molar-refractivity contribution in [3.05, 3.63) is 34.6 Å². The Balaban J connectivity index is 2.04. The van der Waals surface area contributed by atoms with E-state index in [9.17, 15) is 4.39 Å². The van der Waals surface area contributed by atoms with E-state index < -0.39 is 0 Å². The topological polar surface area (TPSA) is 12.0 Å². The number of hydrogen-bond donors (Lipinski definition) is 1. The summed E-state index contributed by atoms with van der Waals surface area (Å²) in [5.74, 6) is 0.394. The van der Waals surface area contributed by atoms with Crippen LogP contribution in [-0.2, 0) is 6.42 Å². The summed E-state index contributed by atoms with van der Waals surface area (Å²) in [6, 6.07) is 5.56. The number of halogens is 2. The van der Waals surface area contributed by atoms with Gasteiger partial charge in [-0.1, -0.05) is 31.0 Å². The van der Waals surface area contributed by atoms with Gasteiger partial charge >= 0.3 is 0 Å². The van der Waals surface area contributed by atoms with Gasteiger partial charge in [0.25, 0.3) is 0 Å². The molecule has 0 spiro atoms. The van der Waals surface area contributed by atoms with Gasteiger partial charge in [-0.25, -0.2) is 4.39 Å². The summed E-state index contributed by atoms with van der Waals surface area (Å²) in [7, 11) is 0. The van der Waals surface area contributed by atoms with E-state index in [1.54, 1.807) is 6.07 Å². The van der Waals surface area contributed by atoms with E-state index in [0.29, 0.717) is 17.0 Å². The van der Waals surface area contributed by atoms with Crippen LogP contribution in [0.25, 0.3) is 0 Å². The molecule has 94 valence electrons. The molecule has 0 aliphatic heterocycles. The number of hydrogen-bond acceptors (Lipinski definition) is 1. The summed E-state index contributed by atoms with van der Waals surface area (Å²) in [6.45, 7) is 3.11. The summed E-state index contributed by atoms with van der Waals surface area (Å²) in [5.41, 5.74) is 0.796. The van der Waals surface area contributed by atoms with Gasteiger partial charge in [0.15, 0.2) is 0 Å². The number of nitrogens with one attached hydrogen (secondary N) is 1. The van der Waals surface area contributed by atoms with Crippen molar-refractivity contribution in [2.45, 2.75) is 38.6 Å². The van der Waals surface area contributed by atoms with Gasteiger partial charge in [-0.05, 0) is 49.4 Å². The van der Waals surface area contributed by atoms with Gasteiger partial charge in [0.2, 0.25) is 0 Å². The van der Waals surface area contributed by atoms with Crippen molar-refractivity contribution in [1.82, 2.24) is 5.32 Å². The van der Waals surface area contributed by atoms with Crippen molar-refractivity contribution < 1.29 is 4.39 Å². The molecule has 0 radical (unpaired) electrons. The van der Waals surface area contributed by atoms with E-state index in [-0.39, 0.29) is 5.82 Å². The average Bonchev–Trinajstić information content (AvgIpc) is 2.71. The second kappa shape index (κ2) is 5.83. The molecule has 1 aromatic rings. The fraction of sp³-hybridized carbons (Fsp3) is 0.571. The highest BCUT2D eigenvalue weighted by atomic mass is 35.5. The van der Waals surface area contributed by atoms with Crippen molar-refractivity contribution >= 4 is 11.6 Å². The molecular weight excluding hydrogens is 237 g/mol. The predicted octanol–water partition coefficient (Wildman–Crippen LogP) is 3.80. The Hall–Kier alpha value is -0.600. The largest absolute Gasteiger partial charge is 0.314 e. The van der Waals surface area contributed by atoms with Gasteiger partial charge in [0, 0.05) is 11.1 Å². The normalized spacial score (nSPS) is 24.2. The maximum Gasteiger partial charge on any atom is 0.127 e. The summed E-state index contributed by atoms with van der Waals surface area (Å²) >= 11 is 5.76. The number of benzene rings is 1. The molecule has 1 N–H and O–H groups in total. The van der Waals surface area contributed by atoms with E-state index in [1.807, 2.05) is 6.07 Å². The lowest BCUT2D eigenvalue weighted by Gasteiger charge is -2.20. The third-order valence-electron chi connectivity index (χ3n) is 3.62. The van der Waals surface area contributed by atoms with Crippen molar-refractivity contribution in [3.63, 3.8) is 0 Å². The molecule has 2 rings (SSSR count). The molecule has 0 heterocycles. The van der Waals surface area contributed by atoms with Crippen molar-refractivity contribution in [2.24, 2.45) is 5.92 Å². The quantitative estimate of drug-likeness (QED) is 0.863. The van der Waals surface area contributed by atoms with Crippen LogP contribution in [0.1, 0.15) is 31.7 Å². The highest BCUT2D eigenvalue weighted by molar-refractivity contribution is 6.30. The van der Waals surface area contributed by atoms with Crippen LogP contribution in [0.3, 0.4) is 0 Å². The lowest BCUT2D eigenvalue weighted by atomic mass is 9.94. The van der Waals surface area contributed by atoms with Crippen LogP contribution in [0, 0.1) is 11.7 Å². The van der Waals surface area contributed by atoms with Gasteiger partial charge in [0.1, 0.15) is 5.82 Å². The van der Waals surface area contributed by atoms with Crippen LogP contribution >= 0.6 is 11.6 Å². The summed E-state index contributed by atoms with van der Waals surface area (Å²) in [6.07, 6.45) is 4.48. The molecule has 1 saturated carbocycles. The first kappa shape index (κ1) is 12.8. The van der Waals surface area contributed by atoms with Gasteiger partial charge in [-0.2, -0.15) is 0 Å². The molecule has 1 aliphatic carbocycles. The highest BCUT2D eigenvalue weighted by Gasteiger charge is 2.27. The minimum absolute atomic E-state index is 0.167. The molecule has 1 aliphatic rings. The molecule has 2 unspecified atom stereocenters. The van der Waals surface area contributed by atoms with E-state index >= 15 is 0 Å². The average molecular weight is 256 g/mol. The molecule has 0 saturated heterocycles. The fourth-order valence-electron chi connectivity index (χ4n) is 2.78. The Morgan fingerprint density at radius 1 is 1.41 bits per heavy atom. The minimum Gasteiger partial charge on any atom is -0.314 e. The van der Waals surface area contributed by atoms with Crippen LogP contribution < -0.4 is 5.32 Å². The summed E-state index contributed by atoms with van der Waals surface area (Å²) in [5, 5.41) is 3.97. The smallest absolute Gasteiger partial charge is 0.127 e. The van der Waals surface area contributed by atoms with Gasteiger partial charge in [-0.3, -0.25) is 0 Å². The molecule has 1 nitrogen and oxygen atoms in total. The Kier molecular flexibility index (Phi) is 4.41. The van der Waals surface area contributed by atoms with Gasteiger partial charge < -0.3 is 5.32 Å². The van der Waals surface area contributed by atoms with E-state index in [2.05, 4.69) is 12.2 Å². The minimum atomic E-state index is -0.167. The second-order valence-electron chi connectivity index (χ2n) is 4.80. The SMILES string of the molecule is CCNC1CCCC1Cc1ccc(Cl)cc1F. The predicted molar refractivity (Wildman–Crippen MR) is 69.9 cm³/mol. The first-order valence-corrected chi connectivity index (χ1v) is 6.75. The van der Waals surface area contributed by atoms with Crippen LogP contribution in [0.2, 0.25) is 5.02 Å². The first-order chi connectivity index (χ1) is 8.20. The third kappa shape index (κ3) is 3.20. The molecule has 2 atom stereocenters. The second-order valence-corrected chi connectivity index (χ2v) is 5.23. The van der Waals surface area contributed by atoms with Crippen LogP contribution in [0.4, 0.5) is 4.39 Å². The van der Waals surface area contributed by atoms with Crippen molar-refractivity contribution in [2.75, 3.05) is 6.54 Å². The molecule has 3 heteroatoms. The number of rotatable bonds is 4. The first-order valence-electron chi connectivity index (χ1n) is 6.38. The van der Waals surface area contributed by atoms with Gasteiger partial charge in [-0.15, -0.1) is 0 Å². The molecule has 0 bridgehead atoms. The molecule has 17 heavy (non-hydrogen) atoms.